The molecule has 24 heavy (non-hydrogen) atoms. The second-order valence-corrected chi connectivity index (χ2v) is 6.25. The summed E-state index contributed by atoms with van der Waals surface area (Å²) in [6.07, 6.45) is 0.811. The molecular weight excluding hydrogens is 322 g/mol. The van der Waals surface area contributed by atoms with Gasteiger partial charge in [-0.05, 0) is 36.2 Å². The van der Waals surface area contributed by atoms with Crippen molar-refractivity contribution < 1.29 is 14.3 Å². The predicted octanol–water partition coefficient (Wildman–Crippen LogP) is 3.51. The Morgan fingerprint density at radius 1 is 1.08 bits per heavy atom. The summed E-state index contributed by atoms with van der Waals surface area (Å²) in [6, 6.07) is 17.8. The van der Waals surface area contributed by atoms with Crippen molar-refractivity contribution in [2.24, 2.45) is 0 Å². The van der Waals surface area contributed by atoms with Crippen LogP contribution in [0.15, 0.2) is 59.5 Å². The van der Waals surface area contributed by atoms with E-state index >= 15 is 0 Å². The highest BCUT2D eigenvalue weighted by molar-refractivity contribution is 8.00. The maximum absolute atomic E-state index is 11.8. The van der Waals surface area contributed by atoms with E-state index in [9.17, 15) is 4.79 Å². The van der Waals surface area contributed by atoms with E-state index in [-0.39, 0.29) is 5.91 Å². The fourth-order valence-corrected chi connectivity index (χ4v) is 2.77. The molecule has 0 aliphatic heterocycles. The van der Waals surface area contributed by atoms with Gasteiger partial charge in [0.15, 0.2) is 0 Å². The Hall–Kier alpha value is -1.98. The SMILES string of the molecule is COc1ccc(SCC(=O)NCCCOCc2ccccc2)cc1. The molecule has 2 aromatic carbocycles. The maximum Gasteiger partial charge on any atom is 0.230 e. The first-order chi connectivity index (χ1) is 11.8. The second kappa shape index (κ2) is 10.7. The van der Waals surface area contributed by atoms with Gasteiger partial charge in [0.25, 0.3) is 0 Å². The molecule has 2 aromatic rings. The molecule has 0 unspecified atom stereocenters. The fourth-order valence-electron chi connectivity index (χ4n) is 2.04. The summed E-state index contributed by atoms with van der Waals surface area (Å²) >= 11 is 1.51. The lowest BCUT2D eigenvalue weighted by Crippen LogP contribution is -2.26. The number of amides is 1. The zero-order chi connectivity index (χ0) is 17.0. The zero-order valence-corrected chi connectivity index (χ0v) is 14.7. The molecule has 0 heterocycles. The van der Waals surface area contributed by atoms with Crippen molar-refractivity contribution in [3.8, 4) is 5.75 Å². The van der Waals surface area contributed by atoms with E-state index in [4.69, 9.17) is 9.47 Å². The van der Waals surface area contributed by atoms with E-state index in [0.29, 0.717) is 25.5 Å². The van der Waals surface area contributed by atoms with Gasteiger partial charge < -0.3 is 14.8 Å². The Kier molecular flexibility index (Phi) is 8.21. The van der Waals surface area contributed by atoms with Gasteiger partial charge in [0, 0.05) is 18.0 Å². The van der Waals surface area contributed by atoms with Gasteiger partial charge in [0.05, 0.1) is 19.5 Å². The van der Waals surface area contributed by atoms with Crippen molar-refractivity contribution in [2.75, 3.05) is 26.0 Å². The average Bonchev–Trinajstić information content (AvgIpc) is 2.64. The quantitative estimate of drug-likeness (QED) is 0.529. The molecule has 0 radical (unpaired) electrons. The molecule has 1 N–H and O–H groups in total. The van der Waals surface area contributed by atoms with Crippen LogP contribution in [0.25, 0.3) is 0 Å². The molecule has 0 aliphatic rings. The molecule has 0 saturated carbocycles. The molecule has 0 spiro atoms. The molecule has 4 nitrogen and oxygen atoms in total. The van der Waals surface area contributed by atoms with Gasteiger partial charge in [0.2, 0.25) is 5.91 Å². The van der Waals surface area contributed by atoms with Gasteiger partial charge in [-0.15, -0.1) is 11.8 Å². The van der Waals surface area contributed by atoms with Crippen molar-refractivity contribution in [1.29, 1.82) is 0 Å². The molecule has 0 bridgehead atoms. The van der Waals surface area contributed by atoms with Crippen LogP contribution in [0.5, 0.6) is 5.75 Å². The van der Waals surface area contributed by atoms with Crippen molar-refractivity contribution in [1.82, 2.24) is 5.32 Å². The van der Waals surface area contributed by atoms with Gasteiger partial charge in [-0.1, -0.05) is 30.3 Å². The third-order valence-electron chi connectivity index (χ3n) is 3.33. The van der Waals surface area contributed by atoms with E-state index in [1.165, 1.54) is 11.8 Å². The summed E-state index contributed by atoms with van der Waals surface area (Å²) in [7, 11) is 1.64. The number of hydrogen-bond acceptors (Lipinski definition) is 4. The molecule has 0 aromatic heterocycles. The summed E-state index contributed by atoms with van der Waals surface area (Å²) in [6.45, 7) is 1.89. The number of carbonyl (C=O) groups excluding carboxylic acids is 1. The summed E-state index contributed by atoms with van der Waals surface area (Å²) in [5, 5.41) is 2.91. The third kappa shape index (κ3) is 7.06. The lowest BCUT2D eigenvalue weighted by molar-refractivity contribution is -0.118. The number of nitrogens with one attached hydrogen (secondary N) is 1. The van der Waals surface area contributed by atoms with Crippen LogP contribution in [0, 0.1) is 0 Å². The summed E-state index contributed by atoms with van der Waals surface area (Å²) in [4.78, 5) is 12.8. The largest absolute Gasteiger partial charge is 0.497 e. The first-order valence-corrected chi connectivity index (χ1v) is 8.91. The van der Waals surface area contributed by atoms with Crippen molar-refractivity contribution in [2.45, 2.75) is 17.9 Å². The minimum atomic E-state index is 0.0406. The molecule has 1 amide bonds. The Bertz CT molecular complexity index is 602. The van der Waals surface area contributed by atoms with Gasteiger partial charge >= 0.3 is 0 Å². The Morgan fingerprint density at radius 3 is 2.54 bits per heavy atom. The van der Waals surface area contributed by atoms with Gasteiger partial charge in [0.1, 0.15) is 5.75 Å². The topological polar surface area (TPSA) is 47.6 Å². The van der Waals surface area contributed by atoms with Crippen LogP contribution in [-0.4, -0.2) is 31.9 Å². The number of carbonyl (C=O) groups is 1. The van der Waals surface area contributed by atoms with Crippen molar-refractivity contribution >= 4 is 17.7 Å². The number of ether oxygens (including phenoxy) is 2. The van der Waals surface area contributed by atoms with Crippen LogP contribution < -0.4 is 10.1 Å². The van der Waals surface area contributed by atoms with E-state index < -0.39 is 0 Å². The molecule has 2 rings (SSSR count). The van der Waals surface area contributed by atoms with Gasteiger partial charge in [-0.3, -0.25) is 4.79 Å². The first-order valence-electron chi connectivity index (χ1n) is 7.93. The predicted molar refractivity (Wildman–Crippen MR) is 97.4 cm³/mol. The number of hydrogen-bond donors (Lipinski definition) is 1. The normalized spacial score (nSPS) is 10.4. The number of methoxy groups -OCH3 is 1. The molecule has 5 heteroatoms. The maximum atomic E-state index is 11.8. The van der Waals surface area contributed by atoms with Crippen LogP contribution in [0.1, 0.15) is 12.0 Å². The highest BCUT2D eigenvalue weighted by Gasteiger charge is 2.02. The van der Waals surface area contributed by atoms with Crippen LogP contribution >= 0.6 is 11.8 Å². The van der Waals surface area contributed by atoms with Crippen molar-refractivity contribution in [3.05, 3.63) is 60.2 Å². The highest BCUT2D eigenvalue weighted by Crippen LogP contribution is 2.20. The summed E-state index contributed by atoms with van der Waals surface area (Å²) in [5.41, 5.74) is 1.16. The van der Waals surface area contributed by atoms with Gasteiger partial charge in [-0.25, -0.2) is 0 Å². The summed E-state index contributed by atoms with van der Waals surface area (Å²) < 4.78 is 10.7. The second-order valence-electron chi connectivity index (χ2n) is 5.21. The third-order valence-corrected chi connectivity index (χ3v) is 4.34. The number of thioether (sulfide) groups is 1. The molecule has 0 fully saturated rings. The Balaban J connectivity index is 1.51. The number of rotatable bonds is 10. The van der Waals surface area contributed by atoms with Crippen molar-refractivity contribution in [3.63, 3.8) is 0 Å². The van der Waals surface area contributed by atoms with E-state index in [1.807, 2.05) is 54.6 Å². The van der Waals surface area contributed by atoms with Crippen LogP contribution in [-0.2, 0) is 16.1 Å². The minimum Gasteiger partial charge on any atom is -0.497 e. The number of benzene rings is 2. The lowest BCUT2D eigenvalue weighted by Gasteiger charge is -2.07. The average molecular weight is 345 g/mol. The molecule has 128 valence electrons. The van der Waals surface area contributed by atoms with E-state index in [2.05, 4.69) is 5.32 Å². The molecule has 0 atom stereocenters. The standard InChI is InChI=1S/C19H23NO3S/c1-22-17-8-10-18(11-9-17)24-15-19(21)20-12-5-13-23-14-16-6-3-2-4-7-16/h2-4,6-11H,5,12-15H2,1H3,(H,20,21). The molecule has 0 aliphatic carbocycles. The first kappa shape index (κ1) is 18.4. The molecule has 0 saturated heterocycles. The smallest absolute Gasteiger partial charge is 0.230 e. The van der Waals surface area contributed by atoms with Crippen LogP contribution in [0.4, 0.5) is 0 Å². The van der Waals surface area contributed by atoms with E-state index in [0.717, 1.165) is 22.6 Å². The van der Waals surface area contributed by atoms with Crippen LogP contribution in [0.2, 0.25) is 0 Å². The summed E-state index contributed by atoms with van der Waals surface area (Å²) in [5.74, 6) is 1.27. The lowest BCUT2D eigenvalue weighted by atomic mass is 10.2. The molecular formula is C19H23NO3S. The Labute approximate surface area is 147 Å². The minimum absolute atomic E-state index is 0.0406. The highest BCUT2D eigenvalue weighted by atomic mass is 32.2. The van der Waals surface area contributed by atoms with E-state index in [1.54, 1.807) is 7.11 Å². The Morgan fingerprint density at radius 2 is 1.83 bits per heavy atom. The monoisotopic (exact) mass is 345 g/mol. The zero-order valence-electron chi connectivity index (χ0n) is 13.9. The fraction of sp³-hybridized carbons (Fsp3) is 0.316. The van der Waals surface area contributed by atoms with Crippen LogP contribution in [0.3, 0.4) is 0 Å². The van der Waals surface area contributed by atoms with Gasteiger partial charge in [-0.2, -0.15) is 0 Å².